The van der Waals surface area contributed by atoms with Gasteiger partial charge in [0.15, 0.2) is 0 Å². The molecule has 0 aromatic carbocycles. The molecule has 2 atom stereocenters. The molecule has 27 heavy (non-hydrogen) atoms. The molecule has 2 fully saturated rings. The average molecular weight is 391 g/mol. The summed E-state index contributed by atoms with van der Waals surface area (Å²) in [7, 11) is 1.36. The van der Waals surface area contributed by atoms with Crippen LogP contribution in [0, 0.1) is 17.3 Å². The Hall–Kier alpha value is -2.04. The van der Waals surface area contributed by atoms with Crippen LogP contribution in [0.1, 0.15) is 48.2 Å². The number of carbonyl (C=O) groups is 2. The Balaban J connectivity index is 1.78. The maximum Gasteiger partial charge on any atom is 0.350 e. The molecular weight excluding hydrogens is 364 g/mol. The summed E-state index contributed by atoms with van der Waals surface area (Å²) < 4.78 is 10.3. The van der Waals surface area contributed by atoms with E-state index in [1.165, 1.54) is 18.4 Å². The highest BCUT2D eigenvalue weighted by Gasteiger charge is 2.38. The van der Waals surface area contributed by atoms with E-state index in [9.17, 15) is 9.59 Å². The van der Waals surface area contributed by atoms with Gasteiger partial charge in [0.05, 0.1) is 30.3 Å². The molecule has 0 spiro atoms. The second-order valence-electron chi connectivity index (χ2n) is 7.88. The number of esters is 1. The van der Waals surface area contributed by atoms with E-state index in [2.05, 4.69) is 17.2 Å². The largest absolute Gasteiger partial charge is 0.465 e. The molecule has 146 valence electrons. The average Bonchev–Trinajstić information content (AvgIpc) is 3.33. The van der Waals surface area contributed by atoms with Gasteiger partial charge in [-0.25, -0.2) is 4.79 Å². The number of ether oxygens (including phenoxy) is 2. The Bertz CT molecular complexity index is 778. The maximum atomic E-state index is 12.8. The van der Waals surface area contributed by atoms with Crippen LogP contribution in [0.5, 0.6) is 0 Å². The minimum Gasteiger partial charge on any atom is -0.465 e. The van der Waals surface area contributed by atoms with Gasteiger partial charge in [-0.1, -0.05) is 11.8 Å². The lowest BCUT2D eigenvalue weighted by molar-refractivity contribution is -0.130. The van der Waals surface area contributed by atoms with Crippen molar-refractivity contribution in [2.75, 3.05) is 32.2 Å². The maximum absolute atomic E-state index is 12.8. The van der Waals surface area contributed by atoms with Gasteiger partial charge >= 0.3 is 5.97 Å². The zero-order chi connectivity index (χ0) is 19.6. The number of likely N-dealkylation sites (tertiary alicyclic amines) is 1. The number of carbonyl (C=O) groups excluding carboxylic acids is 2. The number of methoxy groups -OCH3 is 1. The highest BCUT2D eigenvalue weighted by atomic mass is 32.1. The van der Waals surface area contributed by atoms with Gasteiger partial charge in [-0.05, 0) is 39.7 Å². The Morgan fingerprint density at radius 2 is 2.19 bits per heavy atom. The summed E-state index contributed by atoms with van der Waals surface area (Å²) in [5, 5.41) is 3.26. The predicted molar refractivity (Wildman–Crippen MR) is 105 cm³/mol. The first kappa shape index (κ1) is 19.7. The van der Waals surface area contributed by atoms with Gasteiger partial charge in [-0.15, -0.1) is 11.3 Å². The van der Waals surface area contributed by atoms with E-state index in [4.69, 9.17) is 9.47 Å². The summed E-state index contributed by atoms with van der Waals surface area (Å²) in [5.41, 5.74) is 0.488. The zero-order valence-corrected chi connectivity index (χ0v) is 17.1. The molecule has 1 amide bonds. The lowest BCUT2D eigenvalue weighted by Gasteiger charge is -2.23. The van der Waals surface area contributed by atoms with E-state index in [1.807, 2.05) is 31.7 Å². The first-order valence-corrected chi connectivity index (χ1v) is 10.0. The van der Waals surface area contributed by atoms with Gasteiger partial charge in [0.1, 0.15) is 10.9 Å². The number of thiophene rings is 1. The first-order chi connectivity index (χ1) is 12.8. The van der Waals surface area contributed by atoms with Crippen molar-refractivity contribution in [2.45, 2.75) is 45.7 Å². The zero-order valence-electron chi connectivity index (χ0n) is 16.3. The Labute approximate surface area is 164 Å². The minimum absolute atomic E-state index is 0.0647. The molecule has 0 aliphatic carbocycles. The molecule has 0 unspecified atom stereocenters. The Kier molecular flexibility index (Phi) is 5.78. The smallest absolute Gasteiger partial charge is 0.350 e. The number of rotatable bonds is 4. The number of nitrogens with one attached hydrogen (secondary N) is 1. The van der Waals surface area contributed by atoms with Crippen LogP contribution in [-0.2, 0) is 14.3 Å². The third-order valence-corrected chi connectivity index (χ3v) is 5.61. The van der Waals surface area contributed by atoms with Crippen LogP contribution in [0.15, 0.2) is 6.07 Å². The van der Waals surface area contributed by atoms with Gasteiger partial charge < -0.3 is 19.7 Å². The normalized spacial score (nSPS) is 22.5. The van der Waals surface area contributed by atoms with Gasteiger partial charge in [-0.3, -0.25) is 4.79 Å². The van der Waals surface area contributed by atoms with Crippen molar-refractivity contribution in [3.63, 3.8) is 0 Å². The fourth-order valence-electron chi connectivity index (χ4n) is 3.21. The number of hydrogen-bond acceptors (Lipinski definition) is 6. The molecule has 3 heterocycles. The summed E-state index contributed by atoms with van der Waals surface area (Å²) in [5.74, 6) is 5.94. The van der Waals surface area contributed by atoms with Crippen LogP contribution in [0.2, 0.25) is 0 Å². The molecule has 3 rings (SSSR count). The van der Waals surface area contributed by atoms with Crippen molar-refractivity contribution in [3.8, 4) is 11.8 Å². The molecule has 2 aliphatic heterocycles. The summed E-state index contributed by atoms with van der Waals surface area (Å²) in [6.07, 6.45) is 1.59. The number of anilines is 1. The van der Waals surface area contributed by atoms with Crippen LogP contribution < -0.4 is 5.32 Å². The number of nitrogens with zero attached hydrogens (tertiary/aromatic N) is 1. The van der Waals surface area contributed by atoms with E-state index in [1.54, 1.807) is 0 Å². The summed E-state index contributed by atoms with van der Waals surface area (Å²) in [6, 6.07) is 1.66. The monoisotopic (exact) mass is 390 g/mol. The van der Waals surface area contributed by atoms with Crippen molar-refractivity contribution in [3.05, 3.63) is 15.8 Å². The van der Waals surface area contributed by atoms with E-state index < -0.39 is 5.97 Å². The molecule has 7 heteroatoms. The van der Waals surface area contributed by atoms with Crippen molar-refractivity contribution < 1.29 is 19.1 Å². The van der Waals surface area contributed by atoms with Gasteiger partial charge in [0, 0.05) is 18.6 Å². The van der Waals surface area contributed by atoms with Crippen LogP contribution in [0.3, 0.4) is 0 Å². The topological polar surface area (TPSA) is 67.9 Å². The highest BCUT2D eigenvalue weighted by molar-refractivity contribution is 7.15. The number of hydrogen-bond donors (Lipinski definition) is 1. The molecule has 0 radical (unpaired) electrons. The summed E-state index contributed by atoms with van der Waals surface area (Å²) in [4.78, 5) is 28.1. The Morgan fingerprint density at radius 1 is 1.41 bits per heavy atom. The third-order valence-electron chi connectivity index (χ3n) is 4.58. The van der Waals surface area contributed by atoms with Gasteiger partial charge in [0.25, 0.3) is 0 Å². The lowest BCUT2D eigenvalue weighted by atomic mass is 9.98. The van der Waals surface area contributed by atoms with E-state index in [-0.39, 0.29) is 23.4 Å². The predicted octanol–water partition coefficient (Wildman–Crippen LogP) is 2.73. The van der Waals surface area contributed by atoms with E-state index in [0.717, 1.165) is 11.3 Å². The van der Waals surface area contributed by atoms with Crippen molar-refractivity contribution >= 4 is 28.9 Å². The molecular formula is C20H26N2O4S. The first-order valence-electron chi connectivity index (χ1n) is 9.18. The molecule has 2 saturated heterocycles. The number of amides is 1. The molecule has 0 bridgehead atoms. The summed E-state index contributed by atoms with van der Waals surface area (Å²) >= 11 is 1.29. The van der Waals surface area contributed by atoms with Gasteiger partial charge in [0.2, 0.25) is 5.91 Å². The fraction of sp³-hybridized carbons (Fsp3) is 0.600. The lowest BCUT2D eigenvalue weighted by Crippen LogP contribution is -2.40. The fourth-order valence-corrected chi connectivity index (χ4v) is 4.10. The third kappa shape index (κ3) is 4.63. The molecule has 1 aromatic rings. The van der Waals surface area contributed by atoms with E-state index in [0.29, 0.717) is 36.7 Å². The van der Waals surface area contributed by atoms with Crippen molar-refractivity contribution in [1.29, 1.82) is 0 Å². The van der Waals surface area contributed by atoms with Crippen molar-refractivity contribution in [1.82, 2.24) is 4.90 Å². The summed E-state index contributed by atoms with van der Waals surface area (Å²) in [6.45, 7) is 8.13. The molecule has 0 saturated carbocycles. The molecule has 1 aromatic heterocycles. The molecule has 6 nitrogen and oxygen atoms in total. The van der Waals surface area contributed by atoms with Crippen LogP contribution >= 0.6 is 11.3 Å². The van der Waals surface area contributed by atoms with Crippen LogP contribution in [0.4, 0.5) is 5.69 Å². The molecule has 1 N–H and O–H groups in total. The van der Waals surface area contributed by atoms with E-state index >= 15 is 0 Å². The quantitative estimate of drug-likeness (QED) is 0.632. The highest BCUT2D eigenvalue weighted by Crippen LogP contribution is 2.31. The Morgan fingerprint density at radius 3 is 2.81 bits per heavy atom. The van der Waals surface area contributed by atoms with Crippen molar-refractivity contribution in [2.24, 2.45) is 5.41 Å². The van der Waals surface area contributed by atoms with Crippen LogP contribution in [0.25, 0.3) is 0 Å². The van der Waals surface area contributed by atoms with Gasteiger partial charge in [-0.2, -0.15) is 0 Å². The second kappa shape index (κ2) is 7.91. The second-order valence-corrected chi connectivity index (χ2v) is 8.93. The molecule has 2 aliphatic rings. The standard InChI is InChI=1S/C20H26N2O4S/c1-20(2,3)8-5-14-11-16(17(27-14)19(24)25-4)21-15-6-9-22(18(15)23)13-7-10-26-12-13/h11,13,15,21H,6-7,9-10,12H2,1-4H3/t13-,15-/m0/s1. The van der Waals surface area contributed by atoms with Crippen LogP contribution in [-0.4, -0.2) is 55.7 Å². The minimum atomic E-state index is -0.419. The SMILES string of the molecule is COC(=O)c1sc(C#CC(C)(C)C)cc1N[C@H]1CCN([C@H]2CCOC2)C1=O.